The number of halogens is 1. The smallest absolute Gasteiger partial charge is 0.314 e. The summed E-state index contributed by atoms with van der Waals surface area (Å²) in [6, 6.07) is 9.90. The molecule has 0 aliphatic carbocycles. The van der Waals surface area contributed by atoms with E-state index in [9.17, 15) is 9.59 Å². The molecule has 0 bridgehead atoms. The molecule has 1 amide bonds. The number of likely N-dealkylation sites (tertiary alicyclic amines) is 1. The highest BCUT2D eigenvalue weighted by Gasteiger charge is 2.55. The second-order valence-corrected chi connectivity index (χ2v) is 9.08. The van der Waals surface area contributed by atoms with Crippen LogP contribution in [0, 0.1) is 11.3 Å². The van der Waals surface area contributed by atoms with Crippen molar-refractivity contribution in [3.63, 3.8) is 0 Å². The molecule has 1 aliphatic rings. The zero-order chi connectivity index (χ0) is 18.8. The first kappa shape index (κ1) is 20.2. The molecule has 0 spiro atoms. The molecule has 3 atom stereocenters. The van der Waals surface area contributed by atoms with Crippen molar-refractivity contribution in [1.82, 2.24) is 4.90 Å². The van der Waals surface area contributed by atoms with Gasteiger partial charge in [-0.1, -0.05) is 52.9 Å². The molecule has 5 heteroatoms. The number of esters is 1. The third-order valence-corrected chi connectivity index (χ3v) is 5.48. The van der Waals surface area contributed by atoms with Crippen LogP contribution in [0.15, 0.2) is 30.3 Å². The molecule has 4 nitrogen and oxygen atoms in total. The topological polar surface area (TPSA) is 46.6 Å². The Morgan fingerprint density at radius 3 is 2.48 bits per heavy atom. The van der Waals surface area contributed by atoms with Crippen LogP contribution in [-0.2, 0) is 14.3 Å². The van der Waals surface area contributed by atoms with Crippen molar-refractivity contribution < 1.29 is 14.3 Å². The molecule has 138 valence electrons. The number of alkyl halides is 1. The van der Waals surface area contributed by atoms with Crippen LogP contribution >= 0.6 is 22.6 Å². The Labute approximate surface area is 164 Å². The fourth-order valence-corrected chi connectivity index (χ4v) is 4.03. The van der Waals surface area contributed by atoms with E-state index in [1.54, 1.807) is 0 Å². The van der Waals surface area contributed by atoms with Crippen LogP contribution < -0.4 is 0 Å². The first-order valence-electron chi connectivity index (χ1n) is 8.75. The zero-order valence-electron chi connectivity index (χ0n) is 15.7. The second-order valence-electron chi connectivity index (χ2n) is 8.00. The van der Waals surface area contributed by atoms with Gasteiger partial charge in [-0.25, -0.2) is 0 Å². The van der Waals surface area contributed by atoms with Crippen molar-refractivity contribution in [2.75, 3.05) is 11.0 Å². The molecule has 0 N–H and O–H groups in total. The molecule has 1 aromatic rings. The SMILES string of the molecule is C[C@H](c1ccccc1)N1C[C@@](C)(C(=O)OC(C)(C)C)[C@H](CCI)C1=O. The highest BCUT2D eigenvalue weighted by Crippen LogP contribution is 2.44. The summed E-state index contributed by atoms with van der Waals surface area (Å²) in [6.45, 7) is 9.90. The normalized spacial score (nSPS) is 25.1. The van der Waals surface area contributed by atoms with Gasteiger partial charge in [-0.3, -0.25) is 9.59 Å². The van der Waals surface area contributed by atoms with Crippen LogP contribution in [0.1, 0.15) is 52.6 Å². The lowest BCUT2D eigenvalue weighted by molar-refractivity contribution is -0.169. The number of carbonyl (C=O) groups excluding carboxylic acids is 2. The van der Waals surface area contributed by atoms with E-state index in [1.165, 1.54) is 0 Å². The van der Waals surface area contributed by atoms with E-state index in [1.807, 2.05) is 69.9 Å². The van der Waals surface area contributed by atoms with Crippen LogP contribution in [0.5, 0.6) is 0 Å². The minimum Gasteiger partial charge on any atom is -0.459 e. The number of amides is 1. The van der Waals surface area contributed by atoms with Gasteiger partial charge in [0.15, 0.2) is 0 Å². The van der Waals surface area contributed by atoms with Gasteiger partial charge in [-0.05, 0) is 46.6 Å². The second kappa shape index (κ2) is 7.64. The average Bonchev–Trinajstić information content (AvgIpc) is 2.80. The van der Waals surface area contributed by atoms with Gasteiger partial charge in [0.2, 0.25) is 5.91 Å². The van der Waals surface area contributed by atoms with Gasteiger partial charge < -0.3 is 9.64 Å². The molecule has 0 unspecified atom stereocenters. The van der Waals surface area contributed by atoms with Gasteiger partial charge in [0.05, 0.1) is 17.4 Å². The first-order chi connectivity index (χ1) is 11.6. The van der Waals surface area contributed by atoms with Crippen molar-refractivity contribution in [3.05, 3.63) is 35.9 Å². The van der Waals surface area contributed by atoms with Crippen LogP contribution in [0.4, 0.5) is 0 Å². The van der Waals surface area contributed by atoms with E-state index in [-0.39, 0.29) is 23.8 Å². The van der Waals surface area contributed by atoms with Crippen molar-refractivity contribution in [2.45, 2.75) is 52.7 Å². The molecule has 2 rings (SSSR count). The van der Waals surface area contributed by atoms with Crippen molar-refractivity contribution in [2.24, 2.45) is 11.3 Å². The Morgan fingerprint density at radius 1 is 1.36 bits per heavy atom. The summed E-state index contributed by atoms with van der Waals surface area (Å²) in [7, 11) is 0. The molecule has 1 aliphatic heterocycles. The number of ether oxygens (including phenoxy) is 1. The van der Waals surface area contributed by atoms with Gasteiger partial charge in [-0.2, -0.15) is 0 Å². The lowest BCUT2D eigenvalue weighted by Gasteiger charge is -2.31. The number of benzene rings is 1. The average molecular weight is 457 g/mol. The molecule has 0 saturated carbocycles. The van der Waals surface area contributed by atoms with E-state index in [4.69, 9.17) is 4.74 Å². The molecule has 1 saturated heterocycles. The molecular formula is C20H28INO3. The van der Waals surface area contributed by atoms with E-state index >= 15 is 0 Å². The van der Waals surface area contributed by atoms with Gasteiger partial charge in [0.1, 0.15) is 5.60 Å². The monoisotopic (exact) mass is 457 g/mol. The molecule has 1 heterocycles. The number of carbonyl (C=O) groups is 2. The summed E-state index contributed by atoms with van der Waals surface area (Å²) in [5.41, 5.74) is -0.285. The quantitative estimate of drug-likeness (QED) is 0.375. The minimum atomic E-state index is -0.807. The fraction of sp³-hybridized carbons (Fsp3) is 0.600. The van der Waals surface area contributed by atoms with E-state index in [0.29, 0.717) is 13.0 Å². The summed E-state index contributed by atoms with van der Waals surface area (Å²) < 4.78 is 6.50. The summed E-state index contributed by atoms with van der Waals surface area (Å²) in [5.74, 6) is -0.544. The standard InChI is InChI=1S/C20H28INO3/c1-14(15-9-7-6-8-10-15)22-13-20(5,16(11-12-21)17(22)23)18(24)25-19(2,3)4/h6-10,14,16H,11-13H2,1-5H3/t14-,16-,20-/m1/s1. The number of hydrogen-bond donors (Lipinski definition) is 0. The number of hydrogen-bond acceptors (Lipinski definition) is 3. The Hall–Kier alpha value is -1.11. The van der Waals surface area contributed by atoms with Gasteiger partial charge in [-0.15, -0.1) is 0 Å². The van der Waals surface area contributed by atoms with Crippen molar-refractivity contribution in [3.8, 4) is 0 Å². The van der Waals surface area contributed by atoms with Crippen LogP contribution in [0.25, 0.3) is 0 Å². The van der Waals surface area contributed by atoms with Gasteiger partial charge in [0.25, 0.3) is 0 Å². The summed E-state index contributed by atoms with van der Waals surface area (Å²) >= 11 is 2.27. The van der Waals surface area contributed by atoms with Gasteiger partial charge >= 0.3 is 5.97 Å². The van der Waals surface area contributed by atoms with Crippen LogP contribution in [-0.4, -0.2) is 33.3 Å². The van der Waals surface area contributed by atoms with Gasteiger partial charge in [0, 0.05) is 11.0 Å². The molecule has 1 fully saturated rings. The van der Waals surface area contributed by atoms with E-state index in [2.05, 4.69) is 22.6 Å². The maximum absolute atomic E-state index is 13.1. The maximum Gasteiger partial charge on any atom is 0.314 e. The molecular weight excluding hydrogens is 429 g/mol. The predicted octanol–water partition coefficient (Wildman–Crippen LogP) is 4.38. The number of rotatable bonds is 5. The molecule has 25 heavy (non-hydrogen) atoms. The summed E-state index contributed by atoms with van der Waals surface area (Å²) in [5, 5.41) is 0. The third-order valence-electron chi connectivity index (χ3n) is 4.86. The predicted molar refractivity (Wildman–Crippen MR) is 108 cm³/mol. The molecule has 0 radical (unpaired) electrons. The van der Waals surface area contributed by atoms with E-state index in [0.717, 1.165) is 9.99 Å². The Kier molecular flexibility index (Phi) is 6.17. The molecule has 1 aromatic carbocycles. The lowest BCUT2D eigenvalue weighted by Crippen LogP contribution is -2.41. The molecule has 0 aromatic heterocycles. The summed E-state index contributed by atoms with van der Waals surface area (Å²) in [4.78, 5) is 27.9. The fourth-order valence-electron chi connectivity index (χ4n) is 3.41. The Bertz CT molecular complexity index is 626. The maximum atomic E-state index is 13.1. The summed E-state index contributed by atoms with van der Waals surface area (Å²) in [6.07, 6.45) is 0.688. The van der Waals surface area contributed by atoms with Crippen LogP contribution in [0.2, 0.25) is 0 Å². The van der Waals surface area contributed by atoms with Crippen LogP contribution in [0.3, 0.4) is 0 Å². The largest absolute Gasteiger partial charge is 0.459 e. The zero-order valence-corrected chi connectivity index (χ0v) is 17.9. The van der Waals surface area contributed by atoms with Crippen molar-refractivity contribution >= 4 is 34.5 Å². The van der Waals surface area contributed by atoms with E-state index < -0.39 is 11.0 Å². The lowest BCUT2D eigenvalue weighted by atomic mass is 9.78. The Morgan fingerprint density at radius 2 is 1.96 bits per heavy atom. The number of nitrogens with zero attached hydrogens (tertiary/aromatic N) is 1. The highest BCUT2D eigenvalue weighted by molar-refractivity contribution is 14.1. The first-order valence-corrected chi connectivity index (χ1v) is 10.3. The van der Waals surface area contributed by atoms with Crippen molar-refractivity contribution in [1.29, 1.82) is 0 Å². The minimum absolute atomic E-state index is 0.0568. The third kappa shape index (κ3) is 4.36. The Balaban J connectivity index is 2.31. The highest BCUT2D eigenvalue weighted by atomic mass is 127.